The summed E-state index contributed by atoms with van der Waals surface area (Å²) < 4.78 is 1.89. The van der Waals surface area contributed by atoms with E-state index in [9.17, 15) is 0 Å². The fraction of sp³-hybridized carbons (Fsp3) is 0.0769. The van der Waals surface area contributed by atoms with E-state index in [0.29, 0.717) is 5.69 Å². The van der Waals surface area contributed by atoms with Crippen LogP contribution in [-0.4, -0.2) is 38.1 Å². The number of aromatic nitrogens is 5. The lowest BCUT2D eigenvalue weighted by Crippen LogP contribution is -2.00. The Morgan fingerprint density at radius 3 is 3.10 bits per heavy atom. The minimum absolute atomic E-state index is 0.716. The van der Waals surface area contributed by atoms with Gasteiger partial charge in [-0.25, -0.2) is 9.97 Å². The SMILES string of the molecule is C[B]/C=C(\C=N)c1cc2nccn2c(-c2cn[nH]c2)n1. The van der Waals surface area contributed by atoms with Crippen molar-refractivity contribution in [3.63, 3.8) is 0 Å². The fourth-order valence-corrected chi connectivity index (χ4v) is 2.04. The van der Waals surface area contributed by atoms with Crippen molar-refractivity contribution in [2.24, 2.45) is 0 Å². The molecule has 0 unspecified atom stereocenters. The van der Waals surface area contributed by atoms with Crippen LogP contribution in [-0.2, 0) is 0 Å². The zero-order chi connectivity index (χ0) is 13.9. The Bertz CT molecular complexity index is 771. The van der Waals surface area contributed by atoms with E-state index < -0.39 is 0 Å². The van der Waals surface area contributed by atoms with Gasteiger partial charge in [-0.3, -0.25) is 9.50 Å². The maximum Gasteiger partial charge on any atom is 0.149 e. The van der Waals surface area contributed by atoms with E-state index in [-0.39, 0.29) is 0 Å². The summed E-state index contributed by atoms with van der Waals surface area (Å²) in [5.41, 5.74) is 3.12. The van der Waals surface area contributed by atoms with Crippen LogP contribution in [0, 0.1) is 5.41 Å². The topological polar surface area (TPSA) is 82.7 Å². The van der Waals surface area contributed by atoms with Crippen LogP contribution in [0.1, 0.15) is 5.69 Å². The van der Waals surface area contributed by atoms with Gasteiger partial charge < -0.3 is 5.41 Å². The lowest BCUT2D eigenvalue weighted by atomic mass is 9.80. The van der Waals surface area contributed by atoms with Crippen molar-refractivity contribution in [1.82, 2.24) is 24.6 Å². The van der Waals surface area contributed by atoms with Crippen molar-refractivity contribution in [3.05, 3.63) is 42.5 Å². The van der Waals surface area contributed by atoms with Gasteiger partial charge >= 0.3 is 0 Å². The smallest absolute Gasteiger partial charge is 0.149 e. The van der Waals surface area contributed by atoms with E-state index in [4.69, 9.17) is 5.41 Å². The standard InChI is InChI=1S/C13H12BN6/c1-14-5-9(6-15)11-4-12-16-2-3-20(12)13(19-11)10-7-17-18-8-10/h2-8,15H,1H3,(H,17,18)/b9-5+,15-6?. The van der Waals surface area contributed by atoms with Crippen molar-refractivity contribution in [3.8, 4) is 11.4 Å². The van der Waals surface area contributed by atoms with E-state index in [1.165, 1.54) is 6.21 Å². The molecule has 6 nitrogen and oxygen atoms in total. The molecule has 7 heteroatoms. The van der Waals surface area contributed by atoms with Crippen LogP contribution in [0.25, 0.3) is 22.6 Å². The number of aromatic amines is 1. The molecule has 0 saturated carbocycles. The summed E-state index contributed by atoms with van der Waals surface area (Å²) in [6.45, 7) is 1.91. The van der Waals surface area contributed by atoms with Crippen molar-refractivity contribution in [1.29, 1.82) is 5.41 Å². The average molecular weight is 263 g/mol. The van der Waals surface area contributed by atoms with Gasteiger partial charge in [0, 0.05) is 36.4 Å². The van der Waals surface area contributed by atoms with Gasteiger partial charge in [0.1, 0.15) is 18.8 Å². The summed E-state index contributed by atoms with van der Waals surface area (Å²) >= 11 is 0. The highest BCUT2D eigenvalue weighted by Gasteiger charge is 2.11. The molecule has 0 aliphatic rings. The number of hydrogen-bond donors (Lipinski definition) is 2. The molecule has 3 rings (SSSR count). The number of fused-ring (bicyclic) bond motifs is 1. The summed E-state index contributed by atoms with van der Waals surface area (Å²) in [5, 5.41) is 14.3. The number of H-pyrrole nitrogens is 1. The lowest BCUT2D eigenvalue weighted by Gasteiger charge is -2.07. The Kier molecular flexibility index (Phi) is 3.16. The zero-order valence-corrected chi connectivity index (χ0v) is 10.9. The summed E-state index contributed by atoms with van der Waals surface area (Å²) in [4.78, 5) is 8.94. The van der Waals surface area contributed by atoms with E-state index in [2.05, 4.69) is 20.2 Å². The van der Waals surface area contributed by atoms with Crippen LogP contribution in [0.4, 0.5) is 0 Å². The van der Waals surface area contributed by atoms with Crippen molar-refractivity contribution in [2.75, 3.05) is 0 Å². The minimum Gasteiger partial charge on any atom is -0.308 e. The molecule has 0 saturated heterocycles. The van der Waals surface area contributed by atoms with Gasteiger partial charge in [-0.2, -0.15) is 5.10 Å². The highest BCUT2D eigenvalue weighted by molar-refractivity contribution is 6.44. The summed E-state index contributed by atoms with van der Waals surface area (Å²) in [5.74, 6) is 2.60. The van der Waals surface area contributed by atoms with Crippen LogP contribution in [0.5, 0.6) is 0 Å². The number of allylic oxidation sites excluding steroid dienone is 1. The molecule has 1 radical (unpaired) electrons. The molecule has 2 N–H and O–H groups in total. The summed E-state index contributed by atoms with van der Waals surface area (Å²) in [7, 11) is 1.88. The van der Waals surface area contributed by atoms with Gasteiger partial charge in [-0.1, -0.05) is 6.82 Å². The Morgan fingerprint density at radius 2 is 2.40 bits per heavy atom. The van der Waals surface area contributed by atoms with E-state index in [1.54, 1.807) is 18.6 Å². The molecule has 0 fully saturated rings. The van der Waals surface area contributed by atoms with Gasteiger partial charge in [0.05, 0.1) is 17.5 Å². The zero-order valence-electron chi connectivity index (χ0n) is 10.9. The fourth-order valence-electron chi connectivity index (χ4n) is 2.04. The molecule has 0 aromatic carbocycles. The molecule has 3 aromatic rings. The van der Waals surface area contributed by atoms with Crippen molar-refractivity contribution < 1.29 is 0 Å². The first-order valence-corrected chi connectivity index (χ1v) is 6.17. The highest BCUT2D eigenvalue weighted by Crippen LogP contribution is 2.20. The molecular formula is C13H12BN6. The molecule has 3 heterocycles. The van der Waals surface area contributed by atoms with Crippen LogP contribution in [0.15, 0.2) is 36.8 Å². The number of nitrogens with zero attached hydrogens (tertiary/aromatic N) is 4. The number of nitrogens with one attached hydrogen (secondary N) is 2. The monoisotopic (exact) mass is 263 g/mol. The second kappa shape index (κ2) is 5.12. The first-order chi connectivity index (χ1) is 9.83. The largest absolute Gasteiger partial charge is 0.308 e. The lowest BCUT2D eigenvalue weighted by molar-refractivity contribution is 1.09. The van der Waals surface area contributed by atoms with Crippen LogP contribution in [0.2, 0.25) is 6.82 Å². The highest BCUT2D eigenvalue weighted by atomic mass is 15.1. The molecule has 3 aromatic heterocycles. The van der Waals surface area contributed by atoms with Gasteiger partial charge in [0.2, 0.25) is 0 Å². The normalized spacial score (nSPS) is 11.8. The first kappa shape index (κ1) is 12.3. The molecule has 0 bridgehead atoms. The average Bonchev–Trinajstić information content (AvgIpc) is 3.14. The molecule has 20 heavy (non-hydrogen) atoms. The third-order valence-corrected chi connectivity index (χ3v) is 2.94. The number of rotatable bonds is 4. The summed E-state index contributed by atoms with van der Waals surface area (Å²) in [6.07, 6.45) is 8.37. The van der Waals surface area contributed by atoms with Crippen LogP contribution < -0.4 is 0 Å². The van der Waals surface area contributed by atoms with Gasteiger partial charge in [-0.15, -0.1) is 5.98 Å². The maximum absolute atomic E-state index is 7.52. The third kappa shape index (κ3) is 2.03. The first-order valence-electron chi connectivity index (χ1n) is 6.17. The molecule has 0 spiro atoms. The van der Waals surface area contributed by atoms with Gasteiger partial charge in [0.25, 0.3) is 0 Å². The Balaban J connectivity index is 2.26. The predicted molar refractivity (Wildman–Crippen MR) is 78.9 cm³/mol. The second-order valence-electron chi connectivity index (χ2n) is 4.21. The number of imidazole rings is 1. The van der Waals surface area contributed by atoms with Gasteiger partial charge in [0.15, 0.2) is 0 Å². The Hall–Kier alpha value is -2.70. The van der Waals surface area contributed by atoms with E-state index in [1.807, 2.05) is 36.7 Å². The Labute approximate surface area is 116 Å². The quantitative estimate of drug-likeness (QED) is 0.556. The van der Waals surface area contributed by atoms with Crippen LogP contribution >= 0.6 is 0 Å². The predicted octanol–water partition coefficient (Wildman–Crippen LogP) is 1.86. The van der Waals surface area contributed by atoms with E-state index in [0.717, 1.165) is 22.6 Å². The van der Waals surface area contributed by atoms with Gasteiger partial charge in [-0.05, 0) is 0 Å². The van der Waals surface area contributed by atoms with E-state index >= 15 is 0 Å². The molecular weight excluding hydrogens is 251 g/mol. The minimum atomic E-state index is 0.716. The van der Waals surface area contributed by atoms with Crippen molar-refractivity contribution in [2.45, 2.75) is 6.82 Å². The van der Waals surface area contributed by atoms with Crippen LogP contribution in [0.3, 0.4) is 0 Å². The number of hydrogen-bond acceptors (Lipinski definition) is 4. The maximum atomic E-state index is 7.52. The molecule has 0 aliphatic heterocycles. The summed E-state index contributed by atoms with van der Waals surface area (Å²) in [6, 6.07) is 1.87. The third-order valence-electron chi connectivity index (χ3n) is 2.94. The molecule has 97 valence electrons. The molecule has 0 aliphatic carbocycles. The molecule has 0 atom stereocenters. The second-order valence-corrected chi connectivity index (χ2v) is 4.21. The van der Waals surface area contributed by atoms with Crippen molar-refractivity contribution >= 4 is 24.7 Å². The molecule has 0 amide bonds. The Morgan fingerprint density at radius 1 is 1.50 bits per heavy atom.